The van der Waals surface area contributed by atoms with E-state index in [4.69, 9.17) is 5.26 Å². The average Bonchev–Trinajstić information content (AvgIpc) is 3.10. The Morgan fingerprint density at radius 2 is 1.82 bits per heavy atom. The number of anilines is 2. The van der Waals surface area contributed by atoms with Gasteiger partial charge in [0.1, 0.15) is 0 Å². The molecule has 2 aromatic rings. The van der Waals surface area contributed by atoms with E-state index in [1.807, 2.05) is 12.1 Å². The number of hydrogen-bond acceptors (Lipinski definition) is 5. The third-order valence-electron chi connectivity index (χ3n) is 3.59. The first kappa shape index (κ1) is 14.0. The van der Waals surface area contributed by atoms with E-state index in [9.17, 15) is 4.79 Å². The molecule has 1 fully saturated rings. The molecule has 0 spiro atoms. The number of carbonyl (C=O) groups is 1. The molecule has 0 saturated carbocycles. The molecule has 2 heterocycles. The van der Waals surface area contributed by atoms with Gasteiger partial charge in [0, 0.05) is 18.8 Å². The topological polar surface area (TPSA) is 81.9 Å². The molecule has 22 heavy (non-hydrogen) atoms. The van der Waals surface area contributed by atoms with Gasteiger partial charge in [-0.25, -0.2) is 0 Å². The Kier molecular flexibility index (Phi) is 3.97. The average molecular weight is 293 g/mol. The molecule has 1 aliphatic rings. The van der Waals surface area contributed by atoms with E-state index >= 15 is 0 Å². The third-order valence-corrected chi connectivity index (χ3v) is 3.59. The minimum absolute atomic E-state index is 0.271. The van der Waals surface area contributed by atoms with Gasteiger partial charge in [-0.05, 0) is 49.2 Å². The first-order valence-corrected chi connectivity index (χ1v) is 7.16. The molecule has 0 aliphatic carbocycles. The number of carbonyl (C=O) groups excluding carboxylic acids is 1. The Morgan fingerprint density at radius 3 is 2.41 bits per heavy atom. The van der Waals surface area contributed by atoms with E-state index in [0.29, 0.717) is 11.3 Å². The van der Waals surface area contributed by atoms with Gasteiger partial charge in [-0.3, -0.25) is 4.79 Å². The van der Waals surface area contributed by atoms with E-state index in [0.717, 1.165) is 18.9 Å². The zero-order valence-electron chi connectivity index (χ0n) is 12.0. The zero-order chi connectivity index (χ0) is 15.4. The Morgan fingerprint density at radius 1 is 1.09 bits per heavy atom. The highest BCUT2D eigenvalue weighted by molar-refractivity contribution is 6.02. The normalized spacial score (nSPS) is 13.7. The van der Waals surface area contributed by atoms with Crippen LogP contribution < -0.4 is 10.2 Å². The molecule has 1 saturated heterocycles. The van der Waals surface area contributed by atoms with E-state index in [-0.39, 0.29) is 11.6 Å². The van der Waals surface area contributed by atoms with Crippen molar-refractivity contribution in [3.63, 3.8) is 0 Å². The number of nitriles is 1. The van der Waals surface area contributed by atoms with Crippen molar-refractivity contribution >= 4 is 17.4 Å². The maximum absolute atomic E-state index is 12.1. The highest BCUT2D eigenvalue weighted by atomic mass is 16.1. The summed E-state index contributed by atoms with van der Waals surface area (Å²) in [5.74, 6) is 0.498. The molecule has 0 atom stereocenters. The van der Waals surface area contributed by atoms with Crippen LogP contribution in [0.2, 0.25) is 0 Å². The van der Waals surface area contributed by atoms with Crippen molar-refractivity contribution in [3.05, 3.63) is 47.7 Å². The lowest BCUT2D eigenvalue weighted by atomic mass is 10.2. The molecular weight excluding hydrogens is 278 g/mol. The first-order chi connectivity index (χ1) is 10.8. The second-order valence-electron chi connectivity index (χ2n) is 5.11. The van der Waals surface area contributed by atoms with Gasteiger partial charge in [-0.2, -0.15) is 5.26 Å². The summed E-state index contributed by atoms with van der Waals surface area (Å²) in [5.41, 5.74) is 1.44. The Bertz CT molecular complexity index is 697. The van der Waals surface area contributed by atoms with E-state index < -0.39 is 0 Å². The lowest BCUT2D eigenvalue weighted by molar-refractivity contribution is 0.102. The zero-order valence-corrected chi connectivity index (χ0v) is 12.0. The Hall–Kier alpha value is -2.94. The van der Waals surface area contributed by atoms with E-state index in [1.54, 1.807) is 30.3 Å². The largest absolute Gasteiger partial charge is 0.355 e. The SMILES string of the molecule is N#Cc1ccc(NC(=O)c2ccc(N3CCCC3)nn2)cc1. The Balaban J connectivity index is 1.67. The van der Waals surface area contributed by atoms with Crippen LogP contribution in [-0.4, -0.2) is 29.2 Å². The number of rotatable bonds is 3. The lowest BCUT2D eigenvalue weighted by Crippen LogP contribution is -2.21. The van der Waals surface area contributed by atoms with Crippen LogP contribution in [0.25, 0.3) is 0 Å². The van der Waals surface area contributed by atoms with Crippen LogP contribution in [0.1, 0.15) is 28.9 Å². The third kappa shape index (κ3) is 3.04. The molecule has 0 unspecified atom stereocenters. The van der Waals surface area contributed by atoms with Gasteiger partial charge in [-0.1, -0.05) is 0 Å². The van der Waals surface area contributed by atoms with Crippen molar-refractivity contribution in [2.24, 2.45) is 0 Å². The number of benzene rings is 1. The fraction of sp³-hybridized carbons (Fsp3) is 0.250. The van der Waals surface area contributed by atoms with Gasteiger partial charge in [0.2, 0.25) is 0 Å². The molecule has 3 rings (SSSR count). The van der Waals surface area contributed by atoms with Gasteiger partial charge >= 0.3 is 0 Å². The fourth-order valence-electron chi connectivity index (χ4n) is 2.38. The van der Waals surface area contributed by atoms with Crippen LogP contribution in [0, 0.1) is 11.3 Å². The summed E-state index contributed by atoms with van der Waals surface area (Å²) in [6.07, 6.45) is 2.34. The van der Waals surface area contributed by atoms with Crippen molar-refractivity contribution in [2.75, 3.05) is 23.3 Å². The quantitative estimate of drug-likeness (QED) is 0.938. The fourth-order valence-corrected chi connectivity index (χ4v) is 2.38. The molecular formula is C16H15N5O. The molecule has 1 aromatic heterocycles. The lowest BCUT2D eigenvalue weighted by Gasteiger charge is -2.15. The number of amides is 1. The monoisotopic (exact) mass is 293 g/mol. The minimum atomic E-state index is -0.315. The van der Waals surface area contributed by atoms with Crippen molar-refractivity contribution < 1.29 is 4.79 Å². The number of nitrogens with zero attached hydrogens (tertiary/aromatic N) is 4. The summed E-state index contributed by atoms with van der Waals surface area (Å²) < 4.78 is 0. The highest BCUT2D eigenvalue weighted by Crippen LogP contribution is 2.17. The number of hydrogen-bond donors (Lipinski definition) is 1. The number of aromatic nitrogens is 2. The summed E-state index contributed by atoms with van der Waals surface area (Å²) >= 11 is 0. The smallest absolute Gasteiger partial charge is 0.276 e. The molecule has 0 bridgehead atoms. The molecule has 6 nitrogen and oxygen atoms in total. The van der Waals surface area contributed by atoms with E-state index in [1.165, 1.54) is 12.8 Å². The molecule has 110 valence electrons. The summed E-state index contributed by atoms with van der Waals surface area (Å²) in [6.45, 7) is 1.98. The summed E-state index contributed by atoms with van der Waals surface area (Å²) in [7, 11) is 0. The molecule has 1 N–H and O–H groups in total. The molecule has 1 aromatic carbocycles. The molecule has 0 radical (unpaired) electrons. The summed E-state index contributed by atoms with van der Waals surface area (Å²) in [6, 6.07) is 12.2. The maximum atomic E-state index is 12.1. The second kappa shape index (κ2) is 6.22. The molecule has 1 aliphatic heterocycles. The van der Waals surface area contributed by atoms with Crippen LogP contribution in [0.4, 0.5) is 11.5 Å². The Labute approximate surface area is 128 Å². The van der Waals surface area contributed by atoms with Crippen LogP contribution in [-0.2, 0) is 0 Å². The van der Waals surface area contributed by atoms with Gasteiger partial charge in [0.05, 0.1) is 11.6 Å². The van der Waals surface area contributed by atoms with Crippen molar-refractivity contribution in [1.82, 2.24) is 10.2 Å². The summed E-state index contributed by atoms with van der Waals surface area (Å²) in [5, 5.41) is 19.6. The van der Waals surface area contributed by atoms with Crippen molar-refractivity contribution in [3.8, 4) is 6.07 Å². The van der Waals surface area contributed by atoms with Crippen LogP contribution in [0.3, 0.4) is 0 Å². The predicted octanol–water partition coefficient (Wildman–Crippen LogP) is 2.20. The maximum Gasteiger partial charge on any atom is 0.276 e. The van der Waals surface area contributed by atoms with Crippen molar-refractivity contribution in [1.29, 1.82) is 5.26 Å². The van der Waals surface area contributed by atoms with Crippen molar-refractivity contribution in [2.45, 2.75) is 12.8 Å². The second-order valence-corrected chi connectivity index (χ2v) is 5.11. The summed E-state index contributed by atoms with van der Waals surface area (Å²) in [4.78, 5) is 14.3. The van der Waals surface area contributed by atoms with Crippen LogP contribution in [0.5, 0.6) is 0 Å². The highest BCUT2D eigenvalue weighted by Gasteiger charge is 2.15. The van der Waals surface area contributed by atoms with Gasteiger partial charge in [0.15, 0.2) is 11.5 Å². The van der Waals surface area contributed by atoms with Gasteiger partial charge in [-0.15, -0.1) is 10.2 Å². The minimum Gasteiger partial charge on any atom is -0.355 e. The molecule has 1 amide bonds. The standard InChI is InChI=1S/C16H15N5O/c17-11-12-3-5-13(6-4-12)18-16(22)14-7-8-15(20-19-14)21-9-1-2-10-21/h3-8H,1-2,9-10H2,(H,18,22). The van der Waals surface area contributed by atoms with Crippen LogP contribution >= 0.6 is 0 Å². The van der Waals surface area contributed by atoms with Gasteiger partial charge < -0.3 is 10.2 Å². The van der Waals surface area contributed by atoms with E-state index in [2.05, 4.69) is 20.4 Å². The van der Waals surface area contributed by atoms with Crippen LogP contribution in [0.15, 0.2) is 36.4 Å². The first-order valence-electron chi connectivity index (χ1n) is 7.16. The predicted molar refractivity (Wildman–Crippen MR) is 82.6 cm³/mol. The van der Waals surface area contributed by atoms with Gasteiger partial charge in [0.25, 0.3) is 5.91 Å². The molecule has 6 heteroatoms. The number of nitrogens with one attached hydrogen (secondary N) is 1.